The number of halogens is 2. The van der Waals surface area contributed by atoms with E-state index in [0.717, 1.165) is 0 Å². The Morgan fingerprint density at radius 3 is 2.43 bits per heavy atom. The van der Waals surface area contributed by atoms with Crippen LogP contribution in [0, 0.1) is 5.82 Å². The van der Waals surface area contributed by atoms with E-state index in [9.17, 15) is 9.18 Å². The van der Waals surface area contributed by atoms with E-state index < -0.39 is 22.9 Å². The van der Waals surface area contributed by atoms with Gasteiger partial charge < -0.3 is 20.5 Å². The van der Waals surface area contributed by atoms with Crippen LogP contribution in [0.4, 0.5) is 9.18 Å². The van der Waals surface area contributed by atoms with Gasteiger partial charge in [0.25, 0.3) is 0 Å². The van der Waals surface area contributed by atoms with Gasteiger partial charge in [0.15, 0.2) is 11.6 Å². The fraction of sp³-hybridized carbons (Fsp3) is 0.562. The van der Waals surface area contributed by atoms with E-state index >= 15 is 0 Å². The molecule has 130 valence electrons. The summed E-state index contributed by atoms with van der Waals surface area (Å²) in [5.41, 5.74) is 4.97. The number of methoxy groups -OCH3 is 1. The summed E-state index contributed by atoms with van der Waals surface area (Å²) in [7, 11) is 1.37. The highest BCUT2D eigenvalue weighted by Gasteiger charge is 2.32. The zero-order valence-electron chi connectivity index (χ0n) is 14.1. The van der Waals surface area contributed by atoms with Gasteiger partial charge in [-0.05, 0) is 32.9 Å². The van der Waals surface area contributed by atoms with Crippen molar-refractivity contribution in [2.75, 3.05) is 20.2 Å². The van der Waals surface area contributed by atoms with Crippen LogP contribution in [0.1, 0.15) is 33.3 Å². The number of alkyl carbamates (subject to hydrolysis) is 1. The summed E-state index contributed by atoms with van der Waals surface area (Å²) in [6, 6.07) is 2.76. The van der Waals surface area contributed by atoms with Crippen LogP contribution in [0.25, 0.3) is 0 Å². The van der Waals surface area contributed by atoms with Gasteiger partial charge in [0.1, 0.15) is 5.60 Å². The number of nitrogens with two attached hydrogens (primary N) is 1. The highest BCUT2D eigenvalue weighted by Crippen LogP contribution is 2.35. The highest BCUT2D eigenvalue weighted by molar-refractivity contribution is 6.30. The Kier molecular flexibility index (Phi) is 6.25. The molecule has 0 radical (unpaired) electrons. The van der Waals surface area contributed by atoms with E-state index in [4.69, 9.17) is 26.8 Å². The third kappa shape index (κ3) is 5.25. The average Bonchev–Trinajstić information content (AvgIpc) is 2.42. The quantitative estimate of drug-likeness (QED) is 0.858. The van der Waals surface area contributed by atoms with Gasteiger partial charge in [0.2, 0.25) is 0 Å². The van der Waals surface area contributed by atoms with Crippen LogP contribution in [-0.4, -0.2) is 31.9 Å². The van der Waals surface area contributed by atoms with Crippen molar-refractivity contribution in [2.45, 2.75) is 38.7 Å². The Balaban J connectivity index is 3.04. The number of rotatable bonds is 5. The second-order valence-corrected chi connectivity index (χ2v) is 7.03. The number of carbonyl (C=O) groups excluding carboxylic acids is 1. The first kappa shape index (κ1) is 19.5. The molecule has 0 aliphatic heterocycles. The van der Waals surface area contributed by atoms with E-state index in [0.29, 0.717) is 5.56 Å². The Hall–Kier alpha value is -1.53. The lowest BCUT2D eigenvalue weighted by atomic mass is 9.81. The van der Waals surface area contributed by atoms with Crippen molar-refractivity contribution < 1.29 is 18.7 Å². The molecule has 0 saturated heterocycles. The molecule has 5 nitrogen and oxygen atoms in total. The Morgan fingerprint density at radius 2 is 1.96 bits per heavy atom. The van der Waals surface area contributed by atoms with Crippen molar-refractivity contribution in [1.82, 2.24) is 5.32 Å². The summed E-state index contributed by atoms with van der Waals surface area (Å²) in [6.07, 6.45) is -0.571. The molecule has 0 fully saturated rings. The molecule has 1 amide bonds. The Morgan fingerprint density at radius 1 is 1.35 bits per heavy atom. The Bertz CT molecular complexity index is 575. The molecule has 0 aromatic heterocycles. The molecule has 0 heterocycles. The van der Waals surface area contributed by atoms with Crippen LogP contribution >= 0.6 is 11.6 Å². The molecule has 1 aromatic rings. The molecule has 0 bridgehead atoms. The maximum atomic E-state index is 14.0. The van der Waals surface area contributed by atoms with Crippen LogP contribution in [0.15, 0.2) is 12.1 Å². The summed E-state index contributed by atoms with van der Waals surface area (Å²) in [4.78, 5) is 11.8. The minimum Gasteiger partial charge on any atom is -0.493 e. The van der Waals surface area contributed by atoms with Gasteiger partial charge in [-0.15, -0.1) is 0 Å². The van der Waals surface area contributed by atoms with Gasteiger partial charge in [0.05, 0.1) is 7.11 Å². The molecule has 0 aliphatic rings. The molecule has 1 rings (SSSR count). The molecule has 7 heteroatoms. The number of hydrogen-bond acceptors (Lipinski definition) is 4. The third-order valence-corrected chi connectivity index (χ3v) is 3.55. The van der Waals surface area contributed by atoms with E-state index in [-0.39, 0.29) is 23.9 Å². The van der Waals surface area contributed by atoms with E-state index in [1.807, 2.05) is 0 Å². The van der Waals surface area contributed by atoms with Crippen LogP contribution in [0.2, 0.25) is 5.02 Å². The van der Waals surface area contributed by atoms with Crippen molar-refractivity contribution in [2.24, 2.45) is 5.73 Å². The molecular formula is C16H24ClFN2O3. The van der Waals surface area contributed by atoms with Gasteiger partial charge in [-0.2, -0.15) is 0 Å². The number of amides is 1. The number of ether oxygens (including phenoxy) is 2. The molecule has 0 saturated carbocycles. The van der Waals surface area contributed by atoms with Crippen LogP contribution in [0.3, 0.4) is 0 Å². The molecule has 1 aromatic carbocycles. The summed E-state index contributed by atoms with van der Waals surface area (Å²) < 4.78 is 24.4. The Labute approximate surface area is 141 Å². The van der Waals surface area contributed by atoms with Gasteiger partial charge in [-0.25, -0.2) is 9.18 Å². The lowest BCUT2D eigenvalue weighted by molar-refractivity contribution is 0.0516. The monoisotopic (exact) mass is 346 g/mol. The minimum absolute atomic E-state index is 0.0633. The minimum atomic E-state index is -0.770. The van der Waals surface area contributed by atoms with Gasteiger partial charge in [-0.1, -0.05) is 18.5 Å². The number of benzene rings is 1. The third-order valence-electron chi connectivity index (χ3n) is 3.34. The van der Waals surface area contributed by atoms with Crippen molar-refractivity contribution in [3.63, 3.8) is 0 Å². The van der Waals surface area contributed by atoms with Gasteiger partial charge in [-0.3, -0.25) is 0 Å². The maximum Gasteiger partial charge on any atom is 0.407 e. The summed E-state index contributed by atoms with van der Waals surface area (Å²) >= 11 is 5.94. The summed E-state index contributed by atoms with van der Waals surface area (Å²) in [5.74, 6) is -0.514. The van der Waals surface area contributed by atoms with Crippen molar-refractivity contribution in [3.05, 3.63) is 28.5 Å². The van der Waals surface area contributed by atoms with Gasteiger partial charge in [0, 0.05) is 29.1 Å². The van der Waals surface area contributed by atoms with Crippen LogP contribution in [0.5, 0.6) is 5.75 Å². The fourth-order valence-electron chi connectivity index (χ4n) is 2.07. The number of hydrogen-bond donors (Lipinski definition) is 2. The van der Waals surface area contributed by atoms with E-state index in [2.05, 4.69) is 5.32 Å². The standard InChI is InChI=1S/C16H24ClFN2O3/c1-15(2,3)23-14(21)20-9-16(4,8-19)11-6-10(17)7-12(18)13(11)22-5/h6-7H,8-9,19H2,1-5H3,(H,20,21). The predicted octanol–water partition coefficient (Wildman–Crippen LogP) is 3.23. The zero-order valence-corrected chi connectivity index (χ0v) is 14.9. The van der Waals surface area contributed by atoms with E-state index in [1.54, 1.807) is 33.8 Å². The molecule has 1 unspecified atom stereocenters. The number of nitrogens with one attached hydrogen (secondary N) is 1. The fourth-order valence-corrected chi connectivity index (χ4v) is 2.28. The molecular weight excluding hydrogens is 323 g/mol. The van der Waals surface area contributed by atoms with Crippen LogP contribution < -0.4 is 15.8 Å². The SMILES string of the molecule is COc1c(F)cc(Cl)cc1C(C)(CN)CNC(=O)OC(C)(C)C. The lowest BCUT2D eigenvalue weighted by Crippen LogP contribution is -2.45. The summed E-state index contributed by atoms with van der Waals surface area (Å²) in [5, 5.41) is 2.89. The van der Waals surface area contributed by atoms with Crippen molar-refractivity contribution >= 4 is 17.7 Å². The first-order valence-corrected chi connectivity index (χ1v) is 7.60. The zero-order chi connectivity index (χ0) is 17.8. The molecule has 23 heavy (non-hydrogen) atoms. The average molecular weight is 347 g/mol. The first-order valence-electron chi connectivity index (χ1n) is 7.23. The second-order valence-electron chi connectivity index (χ2n) is 6.59. The first-order chi connectivity index (χ1) is 10.5. The second kappa shape index (κ2) is 7.36. The van der Waals surface area contributed by atoms with E-state index in [1.165, 1.54) is 13.2 Å². The lowest BCUT2D eigenvalue weighted by Gasteiger charge is -2.31. The molecule has 3 N–H and O–H groups in total. The molecule has 1 atom stereocenters. The van der Waals surface area contributed by atoms with Gasteiger partial charge >= 0.3 is 6.09 Å². The highest BCUT2D eigenvalue weighted by atomic mass is 35.5. The summed E-state index contributed by atoms with van der Waals surface area (Å²) in [6.45, 7) is 7.39. The molecule has 0 spiro atoms. The smallest absolute Gasteiger partial charge is 0.407 e. The van der Waals surface area contributed by atoms with Crippen LogP contribution in [-0.2, 0) is 10.2 Å². The maximum absolute atomic E-state index is 14.0. The predicted molar refractivity (Wildman–Crippen MR) is 88.6 cm³/mol. The van der Waals surface area contributed by atoms with Crippen molar-refractivity contribution in [1.29, 1.82) is 0 Å². The topological polar surface area (TPSA) is 73.6 Å². The van der Waals surface area contributed by atoms with Crippen molar-refractivity contribution in [3.8, 4) is 5.75 Å². The largest absolute Gasteiger partial charge is 0.493 e. The molecule has 0 aliphatic carbocycles. The number of carbonyl (C=O) groups is 1. The normalized spacial score (nSPS) is 14.1.